The average molecular weight is 449 g/mol. The minimum Gasteiger partial charge on any atom is -0.408 e. The lowest BCUT2D eigenvalue weighted by atomic mass is 10.0. The molecule has 1 aliphatic heterocycles. The fourth-order valence-corrected chi connectivity index (χ4v) is 3.81. The molecular formula is C22H22F3N3O4. The van der Waals surface area contributed by atoms with Gasteiger partial charge < -0.3 is 14.5 Å². The van der Waals surface area contributed by atoms with E-state index in [1.54, 1.807) is 24.3 Å². The number of hydrogen-bond acceptors (Lipinski definition) is 5. The van der Waals surface area contributed by atoms with Crippen LogP contribution in [-0.2, 0) is 22.3 Å². The zero-order valence-corrected chi connectivity index (χ0v) is 17.1. The number of carbonyl (C=O) groups is 1. The Labute approximate surface area is 181 Å². The minimum atomic E-state index is -4.41. The Morgan fingerprint density at radius 1 is 1.06 bits per heavy atom. The molecule has 1 saturated heterocycles. The van der Waals surface area contributed by atoms with Crippen LogP contribution in [0.25, 0.3) is 11.1 Å². The van der Waals surface area contributed by atoms with Gasteiger partial charge in [0.25, 0.3) is 0 Å². The summed E-state index contributed by atoms with van der Waals surface area (Å²) in [5, 5.41) is 2.81. The lowest BCUT2D eigenvalue weighted by Crippen LogP contribution is -2.44. The molecule has 3 aromatic rings. The highest BCUT2D eigenvalue weighted by Gasteiger charge is 2.31. The number of nitrogens with one attached hydrogen (secondary N) is 1. The number of halogens is 3. The summed E-state index contributed by atoms with van der Waals surface area (Å²) < 4.78 is 50.6. The van der Waals surface area contributed by atoms with Crippen LogP contribution in [0, 0.1) is 0 Å². The molecule has 7 nitrogen and oxygen atoms in total. The van der Waals surface area contributed by atoms with Crippen molar-refractivity contribution in [2.75, 3.05) is 32.8 Å². The molecule has 0 aliphatic carbocycles. The average Bonchev–Trinajstić information content (AvgIpc) is 3.09. The number of nitrogens with zero attached hydrogens (tertiary/aromatic N) is 2. The van der Waals surface area contributed by atoms with Gasteiger partial charge in [0.2, 0.25) is 5.91 Å². The third kappa shape index (κ3) is 4.86. The second-order valence-corrected chi connectivity index (χ2v) is 7.51. The Bertz CT molecular complexity index is 1130. The molecule has 1 aliphatic rings. The first-order valence-corrected chi connectivity index (χ1v) is 10.2. The summed E-state index contributed by atoms with van der Waals surface area (Å²) in [6.07, 6.45) is -4.41. The van der Waals surface area contributed by atoms with Crippen LogP contribution in [0.3, 0.4) is 0 Å². The van der Waals surface area contributed by atoms with E-state index in [4.69, 9.17) is 9.15 Å². The maximum atomic E-state index is 12.9. The summed E-state index contributed by atoms with van der Waals surface area (Å²) in [6, 6.07) is 11.4. The second-order valence-electron chi connectivity index (χ2n) is 7.51. The fourth-order valence-electron chi connectivity index (χ4n) is 3.81. The second kappa shape index (κ2) is 9.17. The van der Waals surface area contributed by atoms with Gasteiger partial charge in [-0.05, 0) is 29.8 Å². The van der Waals surface area contributed by atoms with E-state index in [-0.39, 0.29) is 19.1 Å². The Morgan fingerprint density at radius 3 is 2.44 bits per heavy atom. The fraction of sp³-hybridized carbons (Fsp3) is 0.364. The first-order valence-electron chi connectivity index (χ1n) is 10.2. The highest BCUT2D eigenvalue weighted by atomic mass is 19.4. The van der Waals surface area contributed by atoms with Crippen LogP contribution in [0.1, 0.15) is 17.2 Å². The number of para-hydroxylation sites is 2. The predicted molar refractivity (Wildman–Crippen MR) is 110 cm³/mol. The number of benzene rings is 2. The van der Waals surface area contributed by atoms with Crippen molar-refractivity contribution in [2.45, 2.75) is 18.8 Å². The van der Waals surface area contributed by atoms with Gasteiger partial charge in [-0.3, -0.25) is 14.3 Å². The van der Waals surface area contributed by atoms with Gasteiger partial charge in [0.05, 0.1) is 30.3 Å². The Balaban J connectivity index is 1.49. The largest absolute Gasteiger partial charge is 0.420 e. The van der Waals surface area contributed by atoms with E-state index in [1.165, 1.54) is 16.7 Å². The molecule has 32 heavy (non-hydrogen) atoms. The van der Waals surface area contributed by atoms with Gasteiger partial charge in [0.15, 0.2) is 5.58 Å². The number of oxazole rings is 1. The molecule has 0 saturated carbocycles. The van der Waals surface area contributed by atoms with Crippen molar-refractivity contribution >= 4 is 17.0 Å². The SMILES string of the molecule is O=C(Cn1c(=O)oc2ccccc21)NCC(c1ccc(C(F)(F)F)cc1)N1CCOCC1. The molecule has 1 amide bonds. The Hall–Kier alpha value is -3.11. The van der Waals surface area contributed by atoms with Crippen LogP contribution in [0.4, 0.5) is 13.2 Å². The maximum Gasteiger partial charge on any atom is 0.420 e. The van der Waals surface area contributed by atoms with Crippen molar-refractivity contribution in [2.24, 2.45) is 0 Å². The zero-order chi connectivity index (χ0) is 22.7. The quantitative estimate of drug-likeness (QED) is 0.627. The first kappa shape index (κ1) is 22.1. The van der Waals surface area contributed by atoms with Crippen LogP contribution < -0.4 is 11.1 Å². The van der Waals surface area contributed by atoms with Crippen LogP contribution in [0.5, 0.6) is 0 Å². The summed E-state index contributed by atoms with van der Waals surface area (Å²) in [7, 11) is 0. The molecule has 1 aromatic heterocycles. The van der Waals surface area contributed by atoms with E-state index in [1.807, 2.05) is 0 Å². The molecule has 1 fully saturated rings. The van der Waals surface area contributed by atoms with Crippen molar-refractivity contribution in [3.8, 4) is 0 Å². The Morgan fingerprint density at radius 2 is 1.75 bits per heavy atom. The highest BCUT2D eigenvalue weighted by Crippen LogP contribution is 2.31. The first-order chi connectivity index (χ1) is 15.3. The van der Waals surface area contributed by atoms with Gasteiger partial charge in [-0.25, -0.2) is 4.79 Å². The zero-order valence-electron chi connectivity index (χ0n) is 17.1. The summed E-state index contributed by atoms with van der Waals surface area (Å²) in [5.74, 6) is -1.03. The molecule has 1 atom stereocenters. The van der Waals surface area contributed by atoms with E-state index in [2.05, 4.69) is 10.2 Å². The Kier molecular flexibility index (Phi) is 6.33. The molecule has 0 radical (unpaired) electrons. The van der Waals surface area contributed by atoms with Crippen molar-refractivity contribution in [1.29, 1.82) is 0 Å². The van der Waals surface area contributed by atoms with E-state index < -0.39 is 23.4 Å². The van der Waals surface area contributed by atoms with E-state index in [0.717, 1.165) is 12.1 Å². The normalized spacial score (nSPS) is 16.2. The molecule has 2 heterocycles. The lowest BCUT2D eigenvalue weighted by Gasteiger charge is -2.35. The molecule has 1 N–H and O–H groups in total. The number of fused-ring (bicyclic) bond motifs is 1. The number of amides is 1. The summed E-state index contributed by atoms with van der Waals surface area (Å²) >= 11 is 0. The molecule has 2 aromatic carbocycles. The predicted octanol–water partition coefficient (Wildman–Crippen LogP) is 2.80. The minimum absolute atomic E-state index is 0.175. The van der Waals surface area contributed by atoms with E-state index >= 15 is 0 Å². The van der Waals surface area contributed by atoms with Gasteiger partial charge in [0, 0.05) is 19.6 Å². The molecule has 0 bridgehead atoms. The van der Waals surface area contributed by atoms with Gasteiger partial charge >= 0.3 is 11.9 Å². The van der Waals surface area contributed by atoms with Crippen LogP contribution in [0.15, 0.2) is 57.7 Å². The van der Waals surface area contributed by atoms with Crippen molar-refractivity contribution in [3.05, 3.63) is 70.2 Å². The monoisotopic (exact) mass is 449 g/mol. The number of hydrogen-bond donors (Lipinski definition) is 1. The van der Waals surface area contributed by atoms with Gasteiger partial charge in [0.1, 0.15) is 6.54 Å². The molecule has 0 spiro atoms. The van der Waals surface area contributed by atoms with E-state index in [9.17, 15) is 22.8 Å². The summed E-state index contributed by atoms with van der Waals surface area (Å²) in [6.45, 7) is 2.14. The third-order valence-electron chi connectivity index (χ3n) is 5.48. The van der Waals surface area contributed by atoms with Crippen molar-refractivity contribution in [3.63, 3.8) is 0 Å². The number of aromatic nitrogens is 1. The number of carbonyl (C=O) groups excluding carboxylic acids is 1. The molecule has 1 unspecified atom stereocenters. The van der Waals surface area contributed by atoms with E-state index in [0.29, 0.717) is 43.0 Å². The number of ether oxygens (including phenoxy) is 1. The van der Waals surface area contributed by atoms with Gasteiger partial charge in [-0.1, -0.05) is 24.3 Å². The molecule has 170 valence electrons. The topological polar surface area (TPSA) is 76.7 Å². The van der Waals surface area contributed by atoms with Gasteiger partial charge in [-0.15, -0.1) is 0 Å². The summed E-state index contributed by atoms with van der Waals surface area (Å²) in [4.78, 5) is 26.8. The maximum absolute atomic E-state index is 12.9. The molecular weight excluding hydrogens is 427 g/mol. The highest BCUT2D eigenvalue weighted by molar-refractivity contribution is 5.79. The standard InChI is InChI=1S/C22H22F3N3O4/c23-22(24,25)16-7-5-15(6-8-16)18(27-9-11-31-12-10-27)13-26-20(29)14-28-17-3-1-2-4-19(17)32-21(28)30/h1-8,18H,9-14H2,(H,26,29). The van der Waals surface area contributed by atoms with Crippen molar-refractivity contribution in [1.82, 2.24) is 14.8 Å². The smallest absolute Gasteiger partial charge is 0.408 e. The number of morpholine rings is 1. The lowest BCUT2D eigenvalue weighted by molar-refractivity contribution is -0.137. The molecule has 4 rings (SSSR count). The van der Waals surface area contributed by atoms with Gasteiger partial charge in [-0.2, -0.15) is 13.2 Å². The molecule has 10 heteroatoms. The van der Waals surface area contributed by atoms with Crippen LogP contribution in [0.2, 0.25) is 0 Å². The van der Waals surface area contributed by atoms with Crippen molar-refractivity contribution < 1.29 is 27.1 Å². The third-order valence-corrected chi connectivity index (χ3v) is 5.48. The van der Waals surface area contributed by atoms with Crippen LogP contribution >= 0.6 is 0 Å². The summed E-state index contributed by atoms with van der Waals surface area (Å²) in [5.41, 5.74) is 0.838. The number of rotatable bonds is 6. The number of alkyl halides is 3. The van der Waals surface area contributed by atoms with Crippen LogP contribution in [-0.4, -0.2) is 48.2 Å².